The lowest BCUT2D eigenvalue weighted by atomic mass is 10.1. The van der Waals surface area contributed by atoms with Gasteiger partial charge in [-0.25, -0.2) is 12.7 Å². The molecule has 27 heavy (non-hydrogen) atoms. The third-order valence-electron chi connectivity index (χ3n) is 3.92. The SMILES string of the molecule is COc1ccc(Cl)cc1NC(=O)c1ccc(Cl)c(N2C(=O)CCS2(=O)=O)c1. The molecule has 3 rings (SSSR count). The van der Waals surface area contributed by atoms with Crippen LogP contribution in [0.4, 0.5) is 11.4 Å². The van der Waals surface area contributed by atoms with Gasteiger partial charge in [-0.05, 0) is 36.4 Å². The van der Waals surface area contributed by atoms with Crippen LogP contribution in [0, 0.1) is 0 Å². The van der Waals surface area contributed by atoms with E-state index in [2.05, 4.69) is 5.32 Å². The highest BCUT2D eigenvalue weighted by Gasteiger charge is 2.37. The van der Waals surface area contributed by atoms with Gasteiger partial charge in [0.05, 0.1) is 29.3 Å². The molecule has 1 heterocycles. The van der Waals surface area contributed by atoms with Crippen molar-refractivity contribution in [3.63, 3.8) is 0 Å². The predicted octanol–water partition coefficient (Wildman–Crippen LogP) is 3.32. The fraction of sp³-hybridized carbons (Fsp3) is 0.176. The van der Waals surface area contributed by atoms with Crippen molar-refractivity contribution in [2.45, 2.75) is 6.42 Å². The van der Waals surface area contributed by atoms with E-state index >= 15 is 0 Å². The zero-order chi connectivity index (χ0) is 19.8. The summed E-state index contributed by atoms with van der Waals surface area (Å²) < 4.78 is 30.1. The molecule has 0 radical (unpaired) electrons. The first kappa shape index (κ1) is 19.5. The van der Waals surface area contributed by atoms with Gasteiger partial charge in [-0.2, -0.15) is 0 Å². The Bertz CT molecular complexity index is 1040. The van der Waals surface area contributed by atoms with E-state index in [1.54, 1.807) is 12.1 Å². The average molecular weight is 429 g/mol. The van der Waals surface area contributed by atoms with E-state index in [-0.39, 0.29) is 28.4 Å². The van der Waals surface area contributed by atoms with Gasteiger partial charge in [-0.1, -0.05) is 23.2 Å². The lowest BCUT2D eigenvalue weighted by molar-refractivity contribution is -0.116. The Morgan fingerprint density at radius 2 is 1.93 bits per heavy atom. The first-order chi connectivity index (χ1) is 12.7. The number of nitrogens with zero attached hydrogens (tertiary/aromatic N) is 1. The largest absolute Gasteiger partial charge is 0.495 e. The quantitative estimate of drug-likeness (QED) is 0.805. The molecule has 10 heteroatoms. The Hall–Kier alpha value is -2.29. The Labute approximate surface area is 165 Å². The van der Waals surface area contributed by atoms with Crippen LogP contribution in [0.15, 0.2) is 36.4 Å². The summed E-state index contributed by atoms with van der Waals surface area (Å²) in [6, 6.07) is 8.77. The molecule has 0 aromatic heterocycles. The number of nitrogens with one attached hydrogen (secondary N) is 1. The molecule has 1 fully saturated rings. The van der Waals surface area contributed by atoms with E-state index in [1.165, 1.54) is 31.4 Å². The molecule has 0 aliphatic carbocycles. The molecule has 1 aliphatic rings. The summed E-state index contributed by atoms with van der Waals surface area (Å²) in [4.78, 5) is 24.6. The molecule has 2 aromatic carbocycles. The number of methoxy groups -OCH3 is 1. The highest BCUT2D eigenvalue weighted by molar-refractivity contribution is 7.94. The molecule has 0 spiro atoms. The molecule has 142 valence electrons. The number of hydrogen-bond donors (Lipinski definition) is 1. The Balaban J connectivity index is 1.96. The predicted molar refractivity (Wildman–Crippen MR) is 103 cm³/mol. The number of halogens is 2. The maximum Gasteiger partial charge on any atom is 0.255 e. The molecular weight excluding hydrogens is 415 g/mol. The monoisotopic (exact) mass is 428 g/mol. The van der Waals surface area contributed by atoms with Gasteiger partial charge < -0.3 is 10.1 Å². The molecule has 0 atom stereocenters. The summed E-state index contributed by atoms with van der Waals surface area (Å²) in [6.07, 6.45) is -0.130. The van der Waals surface area contributed by atoms with Gasteiger partial charge in [0, 0.05) is 17.0 Å². The Kier molecular flexibility index (Phi) is 5.32. The molecule has 0 bridgehead atoms. The van der Waals surface area contributed by atoms with Crippen LogP contribution in [0.25, 0.3) is 0 Å². The van der Waals surface area contributed by atoms with Gasteiger partial charge in [0.15, 0.2) is 0 Å². The van der Waals surface area contributed by atoms with Crippen LogP contribution in [-0.2, 0) is 14.8 Å². The lowest BCUT2D eigenvalue weighted by Crippen LogP contribution is -2.30. The van der Waals surface area contributed by atoms with Crippen molar-refractivity contribution < 1.29 is 22.7 Å². The molecule has 1 aliphatic heterocycles. The van der Waals surface area contributed by atoms with Crippen LogP contribution in [-0.4, -0.2) is 33.1 Å². The van der Waals surface area contributed by atoms with Crippen molar-refractivity contribution >= 4 is 56.4 Å². The van der Waals surface area contributed by atoms with Crippen LogP contribution in [0.3, 0.4) is 0 Å². The zero-order valence-electron chi connectivity index (χ0n) is 14.0. The van der Waals surface area contributed by atoms with Crippen LogP contribution < -0.4 is 14.4 Å². The second-order valence-corrected chi connectivity index (χ2v) is 8.47. The molecule has 0 unspecified atom stereocenters. The van der Waals surface area contributed by atoms with Crippen molar-refractivity contribution in [3.05, 3.63) is 52.0 Å². The molecule has 2 amide bonds. The third kappa shape index (κ3) is 3.87. The van der Waals surface area contributed by atoms with Gasteiger partial charge in [0.25, 0.3) is 5.91 Å². The van der Waals surface area contributed by atoms with E-state index in [0.29, 0.717) is 20.8 Å². The minimum Gasteiger partial charge on any atom is -0.495 e. The summed E-state index contributed by atoms with van der Waals surface area (Å²) in [5, 5.41) is 3.09. The maximum atomic E-state index is 12.6. The van der Waals surface area contributed by atoms with E-state index in [4.69, 9.17) is 27.9 Å². The van der Waals surface area contributed by atoms with Gasteiger partial charge in [-0.3, -0.25) is 9.59 Å². The summed E-state index contributed by atoms with van der Waals surface area (Å²) in [7, 11) is -2.35. The van der Waals surface area contributed by atoms with Crippen LogP contribution >= 0.6 is 23.2 Å². The molecule has 2 aromatic rings. The fourth-order valence-electron chi connectivity index (χ4n) is 2.63. The molecule has 7 nitrogen and oxygen atoms in total. The number of carbonyl (C=O) groups is 2. The first-order valence-electron chi connectivity index (χ1n) is 7.73. The highest BCUT2D eigenvalue weighted by Crippen LogP contribution is 2.33. The minimum atomic E-state index is -3.80. The van der Waals surface area contributed by atoms with Crippen molar-refractivity contribution in [3.8, 4) is 5.75 Å². The number of carbonyl (C=O) groups excluding carboxylic acids is 2. The first-order valence-corrected chi connectivity index (χ1v) is 10.1. The normalized spacial score (nSPS) is 15.7. The standard InChI is InChI=1S/C17H14Cl2N2O5S/c1-26-15-5-3-11(18)9-13(15)20-17(23)10-2-4-12(19)14(8-10)21-16(22)6-7-27(21,24)25/h2-5,8-9H,6-7H2,1H3,(H,20,23). The number of sulfonamides is 1. The van der Waals surface area contributed by atoms with Crippen LogP contribution in [0.5, 0.6) is 5.75 Å². The number of anilines is 2. The van der Waals surface area contributed by atoms with E-state index in [0.717, 1.165) is 0 Å². The Morgan fingerprint density at radius 1 is 1.19 bits per heavy atom. The van der Waals surface area contributed by atoms with Crippen LogP contribution in [0.1, 0.15) is 16.8 Å². The lowest BCUT2D eigenvalue weighted by Gasteiger charge is -2.17. The highest BCUT2D eigenvalue weighted by atomic mass is 35.5. The van der Waals surface area contributed by atoms with Crippen molar-refractivity contribution in [2.75, 3.05) is 22.5 Å². The molecule has 0 saturated carbocycles. The van der Waals surface area contributed by atoms with Crippen LogP contribution in [0.2, 0.25) is 10.0 Å². The molecule has 1 saturated heterocycles. The van der Waals surface area contributed by atoms with Crippen molar-refractivity contribution in [1.29, 1.82) is 0 Å². The zero-order valence-corrected chi connectivity index (χ0v) is 16.4. The van der Waals surface area contributed by atoms with E-state index < -0.39 is 21.8 Å². The average Bonchev–Trinajstić information content (AvgIpc) is 2.88. The molecule has 1 N–H and O–H groups in total. The summed E-state index contributed by atoms with van der Waals surface area (Å²) in [5.41, 5.74) is 0.410. The number of ether oxygens (including phenoxy) is 1. The fourth-order valence-corrected chi connectivity index (χ4v) is 4.52. The van der Waals surface area contributed by atoms with E-state index in [1.807, 2.05) is 0 Å². The van der Waals surface area contributed by atoms with E-state index in [9.17, 15) is 18.0 Å². The summed E-state index contributed by atoms with van der Waals surface area (Å²) in [6.45, 7) is 0. The maximum absolute atomic E-state index is 12.6. The number of benzene rings is 2. The summed E-state index contributed by atoms with van der Waals surface area (Å²) in [5.74, 6) is -1.03. The second-order valence-electron chi connectivity index (χ2n) is 5.69. The number of rotatable bonds is 4. The summed E-state index contributed by atoms with van der Waals surface area (Å²) >= 11 is 12.0. The second kappa shape index (κ2) is 7.38. The van der Waals surface area contributed by atoms with Crippen molar-refractivity contribution in [2.24, 2.45) is 0 Å². The van der Waals surface area contributed by atoms with Gasteiger partial charge in [0.2, 0.25) is 15.9 Å². The molecular formula is C17H14Cl2N2O5S. The topological polar surface area (TPSA) is 92.8 Å². The number of amides is 2. The van der Waals surface area contributed by atoms with Gasteiger partial charge in [-0.15, -0.1) is 0 Å². The number of hydrogen-bond acceptors (Lipinski definition) is 5. The van der Waals surface area contributed by atoms with Crippen molar-refractivity contribution in [1.82, 2.24) is 0 Å². The van der Waals surface area contributed by atoms with Gasteiger partial charge >= 0.3 is 0 Å². The Morgan fingerprint density at radius 3 is 2.56 bits per heavy atom. The smallest absolute Gasteiger partial charge is 0.255 e. The minimum absolute atomic E-state index is 0.0470. The van der Waals surface area contributed by atoms with Gasteiger partial charge in [0.1, 0.15) is 5.75 Å². The third-order valence-corrected chi connectivity index (χ3v) is 6.15.